The van der Waals surface area contributed by atoms with Crippen molar-refractivity contribution in [3.05, 3.63) is 35.6 Å². The highest BCUT2D eigenvalue weighted by atomic mass is 19.1. The second-order valence-electron chi connectivity index (χ2n) is 5.37. The summed E-state index contributed by atoms with van der Waals surface area (Å²) in [5, 5.41) is 2.74. The minimum atomic E-state index is -0.924. The van der Waals surface area contributed by atoms with E-state index in [9.17, 15) is 14.0 Å². The molecule has 2 rings (SSSR count). The van der Waals surface area contributed by atoms with Crippen LogP contribution in [0.15, 0.2) is 24.3 Å². The zero-order valence-corrected chi connectivity index (χ0v) is 12.3. The smallest absolute Gasteiger partial charge is 0.251 e. The largest absolute Gasteiger partial charge is 0.356 e. The van der Waals surface area contributed by atoms with Crippen molar-refractivity contribution in [2.45, 2.75) is 32.0 Å². The van der Waals surface area contributed by atoms with Gasteiger partial charge in [0.05, 0.1) is 6.04 Å². The van der Waals surface area contributed by atoms with Crippen LogP contribution < -0.4 is 5.32 Å². The fraction of sp³-hybridized carbons (Fsp3) is 0.467. The number of carbonyl (C=O) groups excluding carboxylic acids is 2. The topological polar surface area (TPSA) is 58.6 Å². The Balaban J connectivity index is 2.36. The quantitative estimate of drug-likeness (QED) is 0.912. The Kier molecular flexibility index (Phi) is 4.57. The van der Waals surface area contributed by atoms with E-state index >= 15 is 0 Å². The van der Waals surface area contributed by atoms with E-state index in [1.807, 2.05) is 13.8 Å². The monoisotopic (exact) mass is 294 g/mol. The first kappa shape index (κ1) is 15.4. The Morgan fingerprint density at radius 1 is 1.43 bits per heavy atom. The van der Waals surface area contributed by atoms with Crippen molar-refractivity contribution in [3.8, 4) is 0 Å². The fourth-order valence-electron chi connectivity index (χ4n) is 2.38. The molecule has 21 heavy (non-hydrogen) atoms. The van der Waals surface area contributed by atoms with Gasteiger partial charge in [-0.3, -0.25) is 9.59 Å². The van der Waals surface area contributed by atoms with Gasteiger partial charge < -0.3 is 15.0 Å². The van der Waals surface area contributed by atoms with Crippen molar-refractivity contribution in [1.82, 2.24) is 10.2 Å². The maximum atomic E-state index is 14.0. The van der Waals surface area contributed by atoms with Crippen molar-refractivity contribution in [2.24, 2.45) is 0 Å². The van der Waals surface area contributed by atoms with Crippen LogP contribution in [0.1, 0.15) is 25.5 Å². The van der Waals surface area contributed by atoms with E-state index in [0.29, 0.717) is 0 Å². The molecule has 6 heteroatoms. The minimum Gasteiger partial charge on any atom is -0.356 e. The molecule has 2 atom stereocenters. The first-order valence-corrected chi connectivity index (χ1v) is 6.84. The normalized spacial score (nSPS) is 22.5. The van der Waals surface area contributed by atoms with E-state index in [2.05, 4.69) is 5.32 Å². The Hall–Kier alpha value is -1.95. The third-order valence-corrected chi connectivity index (χ3v) is 3.40. The average molecular weight is 294 g/mol. The summed E-state index contributed by atoms with van der Waals surface area (Å²) in [6.45, 7) is 3.47. The number of halogens is 1. The molecule has 1 saturated heterocycles. The predicted molar refractivity (Wildman–Crippen MR) is 74.9 cm³/mol. The number of benzene rings is 1. The third-order valence-electron chi connectivity index (χ3n) is 3.40. The molecule has 1 aliphatic heterocycles. The van der Waals surface area contributed by atoms with Gasteiger partial charge in [-0.05, 0) is 19.9 Å². The number of hydrogen-bond donors (Lipinski definition) is 1. The van der Waals surface area contributed by atoms with Gasteiger partial charge in [-0.2, -0.15) is 0 Å². The molecule has 1 N–H and O–H groups in total. The zero-order chi connectivity index (χ0) is 15.6. The number of nitrogens with one attached hydrogen (secondary N) is 1. The molecule has 1 aromatic rings. The Morgan fingerprint density at radius 3 is 2.71 bits per heavy atom. The highest BCUT2D eigenvalue weighted by Gasteiger charge is 2.41. The van der Waals surface area contributed by atoms with Crippen molar-refractivity contribution < 1.29 is 18.7 Å². The maximum Gasteiger partial charge on any atom is 0.251 e. The minimum absolute atomic E-state index is 0.0645. The molecular formula is C15H19FN2O3. The molecule has 0 bridgehead atoms. The number of carbonyl (C=O) groups is 2. The highest BCUT2D eigenvalue weighted by Crippen LogP contribution is 2.30. The number of rotatable bonds is 3. The molecule has 1 fully saturated rings. The summed E-state index contributed by atoms with van der Waals surface area (Å²) >= 11 is 0. The van der Waals surface area contributed by atoms with Crippen LogP contribution in [0.2, 0.25) is 0 Å². The van der Waals surface area contributed by atoms with Crippen LogP contribution in [0.25, 0.3) is 0 Å². The van der Waals surface area contributed by atoms with Crippen LogP contribution >= 0.6 is 0 Å². The van der Waals surface area contributed by atoms with Crippen molar-refractivity contribution >= 4 is 11.8 Å². The molecule has 5 nitrogen and oxygen atoms in total. The number of nitrogens with zero attached hydrogens (tertiary/aromatic N) is 1. The first-order chi connectivity index (χ1) is 9.91. The van der Waals surface area contributed by atoms with Gasteiger partial charge in [-0.15, -0.1) is 0 Å². The standard InChI is InChI=1S/C15H19FN2O3/c1-9(2)17-15(20)14-13(18(3)12(19)8-21-14)10-6-4-5-7-11(10)16/h4-7,9,13-14H,8H2,1-3H3,(H,17,20)/t13-,14-/m1/s1. The van der Waals surface area contributed by atoms with E-state index in [4.69, 9.17) is 4.74 Å². The maximum absolute atomic E-state index is 14.0. The van der Waals surface area contributed by atoms with Gasteiger partial charge in [0.25, 0.3) is 5.91 Å². The van der Waals surface area contributed by atoms with Gasteiger partial charge in [0.15, 0.2) is 6.10 Å². The summed E-state index contributed by atoms with van der Waals surface area (Å²) in [6.07, 6.45) is -0.924. The molecule has 0 unspecified atom stereocenters. The van der Waals surface area contributed by atoms with E-state index in [1.165, 1.54) is 11.0 Å². The third kappa shape index (κ3) is 3.21. The van der Waals surface area contributed by atoms with Gasteiger partial charge in [0, 0.05) is 18.7 Å². The number of amides is 2. The predicted octanol–water partition coefficient (Wildman–Crippen LogP) is 1.25. The average Bonchev–Trinajstić information content (AvgIpc) is 2.42. The molecule has 0 aliphatic carbocycles. The zero-order valence-electron chi connectivity index (χ0n) is 12.3. The lowest BCUT2D eigenvalue weighted by Crippen LogP contribution is -2.54. The van der Waals surface area contributed by atoms with Gasteiger partial charge >= 0.3 is 0 Å². The summed E-state index contributed by atoms with van der Waals surface area (Å²) in [7, 11) is 1.55. The number of morpholine rings is 1. The summed E-state index contributed by atoms with van der Waals surface area (Å²) in [4.78, 5) is 25.5. The Morgan fingerprint density at radius 2 is 2.10 bits per heavy atom. The molecule has 0 radical (unpaired) electrons. The molecule has 114 valence electrons. The van der Waals surface area contributed by atoms with Gasteiger partial charge in [0.1, 0.15) is 12.4 Å². The summed E-state index contributed by atoms with van der Waals surface area (Å²) < 4.78 is 19.4. The van der Waals surface area contributed by atoms with E-state index < -0.39 is 18.0 Å². The van der Waals surface area contributed by atoms with Crippen LogP contribution in [0, 0.1) is 5.82 Å². The number of ether oxygens (including phenoxy) is 1. The van der Waals surface area contributed by atoms with E-state index in [1.54, 1.807) is 25.2 Å². The number of hydrogen-bond acceptors (Lipinski definition) is 3. The molecular weight excluding hydrogens is 275 g/mol. The molecule has 1 aliphatic rings. The molecule has 0 saturated carbocycles. The lowest BCUT2D eigenvalue weighted by molar-refractivity contribution is -0.162. The van der Waals surface area contributed by atoms with Crippen molar-refractivity contribution in [1.29, 1.82) is 0 Å². The lowest BCUT2D eigenvalue weighted by atomic mass is 9.97. The van der Waals surface area contributed by atoms with Crippen LogP contribution in [0.5, 0.6) is 0 Å². The molecule has 2 amide bonds. The summed E-state index contributed by atoms with van der Waals surface area (Å²) in [5.74, 6) is -1.09. The van der Waals surface area contributed by atoms with Crippen LogP contribution in [-0.2, 0) is 14.3 Å². The van der Waals surface area contributed by atoms with Crippen molar-refractivity contribution in [3.63, 3.8) is 0 Å². The summed E-state index contributed by atoms with van der Waals surface area (Å²) in [6, 6.07) is 5.26. The van der Waals surface area contributed by atoms with Gasteiger partial charge in [-0.1, -0.05) is 18.2 Å². The lowest BCUT2D eigenvalue weighted by Gasteiger charge is -2.38. The SMILES string of the molecule is CC(C)NC(=O)[C@@H]1OCC(=O)N(C)[C@@H]1c1ccccc1F. The van der Waals surface area contributed by atoms with Gasteiger partial charge in [0.2, 0.25) is 5.91 Å². The highest BCUT2D eigenvalue weighted by molar-refractivity contribution is 5.86. The molecule has 1 aromatic carbocycles. The second-order valence-corrected chi connectivity index (χ2v) is 5.37. The molecule has 0 spiro atoms. The number of likely N-dealkylation sites (N-methyl/N-ethyl adjacent to an activating group) is 1. The van der Waals surface area contributed by atoms with Crippen LogP contribution in [0.3, 0.4) is 0 Å². The molecule has 1 heterocycles. The Bertz CT molecular complexity index is 547. The van der Waals surface area contributed by atoms with Gasteiger partial charge in [-0.25, -0.2) is 4.39 Å². The van der Waals surface area contributed by atoms with Crippen LogP contribution in [-0.4, -0.2) is 42.5 Å². The second kappa shape index (κ2) is 6.22. The van der Waals surface area contributed by atoms with Crippen molar-refractivity contribution in [2.75, 3.05) is 13.7 Å². The molecule has 0 aromatic heterocycles. The summed E-state index contributed by atoms with van der Waals surface area (Å²) in [5.41, 5.74) is 0.275. The van der Waals surface area contributed by atoms with E-state index in [0.717, 1.165) is 0 Å². The van der Waals surface area contributed by atoms with Crippen LogP contribution in [0.4, 0.5) is 4.39 Å². The van der Waals surface area contributed by atoms with E-state index in [-0.39, 0.29) is 30.0 Å². The Labute approximate surface area is 123 Å². The fourth-order valence-corrected chi connectivity index (χ4v) is 2.38. The first-order valence-electron chi connectivity index (χ1n) is 6.84.